The van der Waals surface area contributed by atoms with E-state index in [-0.39, 0.29) is 5.41 Å². The standard InChI is InChI=1S/C7H13N3S/c1-5-8-6(7(2,3)4)10(11)9-5/h11H,1-4H3. The maximum atomic E-state index is 4.26. The zero-order valence-electron chi connectivity index (χ0n) is 7.29. The SMILES string of the molecule is Cc1nc(C(C)(C)C)n(S)n1. The molecule has 1 aromatic heterocycles. The van der Waals surface area contributed by atoms with Gasteiger partial charge in [-0.3, -0.25) is 0 Å². The molecular formula is C7H13N3S. The number of hydrogen-bond acceptors (Lipinski definition) is 3. The van der Waals surface area contributed by atoms with Gasteiger partial charge in [-0.2, -0.15) is 4.09 Å². The van der Waals surface area contributed by atoms with Crippen LogP contribution >= 0.6 is 12.8 Å². The van der Waals surface area contributed by atoms with Crippen LogP contribution in [0.4, 0.5) is 0 Å². The van der Waals surface area contributed by atoms with Crippen LogP contribution in [0.25, 0.3) is 0 Å². The van der Waals surface area contributed by atoms with E-state index in [1.807, 2.05) is 6.92 Å². The molecule has 11 heavy (non-hydrogen) atoms. The van der Waals surface area contributed by atoms with E-state index in [9.17, 15) is 0 Å². The molecule has 0 amide bonds. The molecule has 0 aliphatic heterocycles. The van der Waals surface area contributed by atoms with Crippen LogP contribution in [-0.4, -0.2) is 14.2 Å². The summed E-state index contributed by atoms with van der Waals surface area (Å²) in [7, 11) is 0. The summed E-state index contributed by atoms with van der Waals surface area (Å²) in [5, 5.41) is 4.05. The number of rotatable bonds is 0. The lowest BCUT2D eigenvalue weighted by Gasteiger charge is -2.15. The fourth-order valence-electron chi connectivity index (χ4n) is 0.872. The molecule has 4 heteroatoms. The highest BCUT2D eigenvalue weighted by Crippen LogP contribution is 2.20. The Labute approximate surface area is 72.4 Å². The lowest BCUT2D eigenvalue weighted by atomic mass is 9.96. The van der Waals surface area contributed by atoms with Gasteiger partial charge in [0, 0.05) is 5.41 Å². The second-order valence-corrected chi connectivity index (χ2v) is 4.00. The van der Waals surface area contributed by atoms with Crippen LogP contribution in [0.1, 0.15) is 32.4 Å². The van der Waals surface area contributed by atoms with Gasteiger partial charge in [-0.05, 0) is 19.7 Å². The molecule has 0 unspecified atom stereocenters. The molecule has 0 saturated heterocycles. The second kappa shape index (κ2) is 2.52. The van der Waals surface area contributed by atoms with Crippen molar-refractivity contribution in [2.75, 3.05) is 0 Å². The maximum Gasteiger partial charge on any atom is 0.148 e. The first-order valence-corrected chi connectivity index (χ1v) is 3.94. The second-order valence-electron chi connectivity index (χ2n) is 3.62. The van der Waals surface area contributed by atoms with Gasteiger partial charge in [-0.15, -0.1) is 5.10 Å². The summed E-state index contributed by atoms with van der Waals surface area (Å²) >= 11 is 4.16. The van der Waals surface area contributed by atoms with Gasteiger partial charge >= 0.3 is 0 Å². The van der Waals surface area contributed by atoms with E-state index in [0.717, 1.165) is 11.6 Å². The smallest absolute Gasteiger partial charge is 0.148 e. The number of nitrogens with zero attached hydrogens (tertiary/aromatic N) is 3. The minimum Gasteiger partial charge on any atom is -0.215 e. The predicted molar refractivity (Wildman–Crippen MR) is 47.8 cm³/mol. The number of aromatic nitrogens is 3. The number of thiol groups is 1. The molecule has 0 bridgehead atoms. The molecule has 0 atom stereocenters. The first-order valence-electron chi connectivity index (χ1n) is 3.54. The molecule has 0 aliphatic carbocycles. The van der Waals surface area contributed by atoms with Gasteiger partial charge in [-0.25, -0.2) is 4.98 Å². The molecule has 1 heterocycles. The predicted octanol–water partition coefficient (Wildman–Crippen LogP) is 1.58. The van der Waals surface area contributed by atoms with E-state index in [1.54, 1.807) is 0 Å². The van der Waals surface area contributed by atoms with Crippen LogP contribution in [0.5, 0.6) is 0 Å². The summed E-state index contributed by atoms with van der Waals surface area (Å²) in [6, 6.07) is 0. The third-order valence-electron chi connectivity index (χ3n) is 1.37. The van der Waals surface area contributed by atoms with Crippen LogP contribution in [0.2, 0.25) is 0 Å². The monoisotopic (exact) mass is 171 g/mol. The lowest BCUT2D eigenvalue weighted by Crippen LogP contribution is -2.16. The van der Waals surface area contributed by atoms with Gasteiger partial charge in [0.1, 0.15) is 11.6 Å². The molecule has 0 spiro atoms. The Bertz CT molecular complexity index is 259. The zero-order valence-corrected chi connectivity index (χ0v) is 8.18. The van der Waals surface area contributed by atoms with E-state index in [4.69, 9.17) is 0 Å². The topological polar surface area (TPSA) is 30.7 Å². The van der Waals surface area contributed by atoms with E-state index in [0.29, 0.717) is 0 Å². The molecule has 0 N–H and O–H groups in total. The van der Waals surface area contributed by atoms with E-state index < -0.39 is 0 Å². The van der Waals surface area contributed by atoms with Crippen molar-refractivity contribution in [2.24, 2.45) is 0 Å². The van der Waals surface area contributed by atoms with E-state index in [2.05, 4.69) is 43.7 Å². The Morgan fingerprint density at radius 2 is 1.91 bits per heavy atom. The van der Waals surface area contributed by atoms with E-state index >= 15 is 0 Å². The van der Waals surface area contributed by atoms with E-state index in [1.165, 1.54) is 4.09 Å². The zero-order chi connectivity index (χ0) is 8.65. The molecule has 1 rings (SSSR count). The minimum absolute atomic E-state index is 0.0169. The fraction of sp³-hybridized carbons (Fsp3) is 0.714. The first-order chi connectivity index (χ1) is 4.91. The van der Waals surface area contributed by atoms with Crippen molar-refractivity contribution in [3.05, 3.63) is 11.6 Å². The molecule has 0 aliphatic rings. The Kier molecular flexibility index (Phi) is 1.96. The fourth-order valence-corrected chi connectivity index (χ4v) is 1.35. The van der Waals surface area contributed by atoms with Gasteiger partial charge < -0.3 is 0 Å². The van der Waals surface area contributed by atoms with Crippen molar-refractivity contribution in [1.29, 1.82) is 0 Å². The molecule has 1 aromatic rings. The Morgan fingerprint density at radius 3 is 2.09 bits per heavy atom. The average Bonchev–Trinajstić information content (AvgIpc) is 2.08. The van der Waals surface area contributed by atoms with Crippen molar-refractivity contribution in [2.45, 2.75) is 33.1 Å². The van der Waals surface area contributed by atoms with Crippen molar-refractivity contribution < 1.29 is 0 Å². The summed E-state index contributed by atoms with van der Waals surface area (Å²) in [6.45, 7) is 8.12. The summed E-state index contributed by atoms with van der Waals surface area (Å²) in [4.78, 5) is 4.26. The number of hydrogen-bond donors (Lipinski definition) is 1. The van der Waals surface area contributed by atoms with Crippen LogP contribution in [0, 0.1) is 6.92 Å². The lowest BCUT2D eigenvalue weighted by molar-refractivity contribution is 0.541. The molecular weight excluding hydrogens is 158 g/mol. The third kappa shape index (κ3) is 1.74. The average molecular weight is 171 g/mol. The normalized spacial score (nSPS) is 12.1. The third-order valence-corrected chi connectivity index (χ3v) is 1.65. The van der Waals surface area contributed by atoms with Crippen LogP contribution in [-0.2, 0) is 5.41 Å². The Hall–Kier alpha value is -0.510. The molecule has 3 nitrogen and oxygen atoms in total. The van der Waals surface area contributed by atoms with Gasteiger partial charge in [0.15, 0.2) is 0 Å². The summed E-state index contributed by atoms with van der Waals surface area (Å²) in [5.41, 5.74) is 0.0169. The van der Waals surface area contributed by atoms with Crippen molar-refractivity contribution in [3.8, 4) is 0 Å². The van der Waals surface area contributed by atoms with Gasteiger partial charge in [0.05, 0.1) is 0 Å². The summed E-state index contributed by atoms with van der Waals surface area (Å²) in [6.07, 6.45) is 0. The Morgan fingerprint density at radius 1 is 1.36 bits per heavy atom. The summed E-state index contributed by atoms with van der Waals surface area (Å²) < 4.78 is 1.54. The van der Waals surface area contributed by atoms with Crippen molar-refractivity contribution in [1.82, 2.24) is 14.2 Å². The van der Waals surface area contributed by atoms with Crippen LogP contribution in [0.3, 0.4) is 0 Å². The van der Waals surface area contributed by atoms with Gasteiger partial charge in [0.2, 0.25) is 0 Å². The van der Waals surface area contributed by atoms with Crippen LogP contribution < -0.4 is 0 Å². The first kappa shape index (κ1) is 8.59. The molecule has 0 aromatic carbocycles. The van der Waals surface area contributed by atoms with Crippen molar-refractivity contribution in [3.63, 3.8) is 0 Å². The summed E-state index contributed by atoms with van der Waals surface area (Å²) in [5.74, 6) is 1.67. The number of aryl methyl sites for hydroxylation is 1. The molecule has 0 radical (unpaired) electrons. The minimum atomic E-state index is 0.0169. The largest absolute Gasteiger partial charge is 0.215 e. The van der Waals surface area contributed by atoms with Crippen molar-refractivity contribution >= 4 is 12.8 Å². The maximum absolute atomic E-state index is 4.26. The molecule has 0 fully saturated rings. The highest BCUT2D eigenvalue weighted by Gasteiger charge is 2.20. The highest BCUT2D eigenvalue weighted by molar-refractivity contribution is 7.78. The molecule has 0 saturated carbocycles. The molecule has 62 valence electrons. The van der Waals surface area contributed by atoms with Gasteiger partial charge in [-0.1, -0.05) is 20.8 Å². The van der Waals surface area contributed by atoms with Gasteiger partial charge in [0.25, 0.3) is 0 Å². The van der Waals surface area contributed by atoms with Crippen LogP contribution in [0.15, 0.2) is 0 Å². The quantitative estimate of drug-likeness (QED) is 0.601. The Balaban J connectivity index is 3.13. The highest BCUT2D eigenvalue weighted by atomic mass is 32.1.